The highest BCUT2D eigenvalue weighted by Gasteiger charge is 2.21. The van der Waals surface area contributed by atoms with Crippen molar-refractivity contribution in [1.82, 2.24) is 4.98 Å². The summed E-state index contributed by atoms with van der Waals surface area (Å²) in [4.78, 5) is 15.0. The van der Waals surface area contributed by atoms with E-state index in [1.807, 2.05) is 0 Å². The number of pyridine rings is 1. The van der Waals surface area contributed by atoms with E-state index in [1.165, 1.54) is 14.2 Å². The third kappa shape index (κ3) is 2.89. The molecular weight excluding hydrogens is 232 g/mol. The van der Waals surface area contributed by atoms with Gasteiger partial charge in [0.2, 0.25) is 0 Å². The number of rotatable bonds is 4. The molecule has 0 radical (unpaired) electrons. The molecule has 0 spiro atoms. The number of ether oxygens (including phenoxy) is 2. The Bertz CT molecular complexity index is 421. The maximum Gasteiger partial charge on any atom is 0.310 e. The van der Waals surface area contributed by atoms with Gasteiger partial charge in [-0.3, -0.25) is 9.78 Å². The van der Waals surface area contributed by atoms with Crippen LogP contribution < -0.4 is 4.74 Å². The van der Waals surface area contributed by atoms with E-state index in [-0.39, 0.29) is 23.3 Å². The van der Waals surface area contributed by atoms with Gasteiger partial charge in [0, 0.05) is 17.3 Å². The first-order chi connectivity index (χ1) is 8.01. The van der Waals surface area contributed by atoms with Crippen molar-refractivity contribution in [3.63, 3.8) is 0 Å². The fourth-order valence-corrected chi connectivity index (χ4v) is 1.51. The molecule has 1 aromatic rings. The zero-order valence-electron chi connectivity index (χ0n) is 9.79. The second-order valence-electron chi connectivity index (χ2n) is 3.36. The van der Waals surface area contributed by atoms with Crippen molar-refractivity contribution in [1.29, 1.82) is 0 Å². The number of hydrogen-bond acceptors (Lipinski definition) is 4. The van der Waals surface area contributed by atoms with Gasteiger partial charge in [-0.05, 0) is 6.92 Å². The Balaban J connectivity index is 3.28. The molecule has 0 aliphatic heterocycles. The van der Waals surface area contributed by atoms with Crippen LogP contribution in [0.5, 0.6) is 5.75 Å². The van der Waals surface area contributed by atoms with Gasteiger partial charge in [0.05, 0.1) is 26.3 Å². The molecule has 0 aliphatic rings. The SMILES string of the molecule is COC(=O)Cc1c(C(F)F)cnc(C)c1OC. The van der Waals surface area contributed by atoms with E-state index in [4.69, 9.17) is 4.74 Å². The van der Waals surface area contributed by atoms with Gasteiger partial charge >= 0.3 is 5.97 Å². The van der Waals surface area contributed by atoms with Crippen LogP contribution in [0.25, 0.3) is 0 Å². The minimum absolute atomic E-state index is 0.127. The minimum atomic E-state index is -2.71. The number of hydrogen-bond donors (Lipinski definition) is 0. The third-order valence-electron chi connectivity index (χ3n) is 2.34. The quantitative estimate of drug-likeness (QED) is 0.762. The first kappa shape index (κ1) is 13.3. The monoisotopic (exact) mass is 245 g/mol. The number of nitrogens with zero attached hydrogens (tertiary/aromatic N) is 1. The third-order valence-corrected chi connectivity index (χ3v) is 2.34. The standard InChI is InChI=1S/C11H13F2NO3/c1-6-10(17-3)7(4-9(15)16-2)8(5-14-6)11(12)13/h5,11H,4H2,1-3H3. The summed E-state index contributed by atoms with van der Waals surface area (Å²) in [5.74, 6) is -0.399. The Morgan fingerprint density at radius 1 is 1.47 bits per heavy atom. The molecule has 1 heterocycles. The molecule has 0 atom stereocenters. The normalized spacial score (nSPS) is 10.5. The number of carbonyl (C=O) groups excluding carboxylic acids is 1. The van der Waals surface area contributed by atoms with Crippen LogP contribution in [0.15, 0.2) is 6.20 Å². The van der Waals surface area contributed by atoms with Crippen molar-refractivity contribution in [3.05, 3.63) is 23.0 Å². The lowest BCUT2D eigenvalue weighted by molar-refractivity contribution is -0.139. The molecule has 1 rings (SSSR count). The van der Waals surface area contributed by atoms with Gasteiger partial charge < -0.3 is 9.47 Å². The van der Waals surface area contributed by atoms with E-state index in [9.17, 15) is 13.6 Å². The zero-order chi connectivity index (χ0) is 13.0. The molecule has 0 amide bonds. The van der Waals surface area contributed by atoms with Gasteiger partial charge in [-0.2, -0.15) is 0 Å². The predicted molar refractivity (Wildman–Crippen MR) is 56.2 cm³/mol. The second kappa shape index (κ2) is 5.56. The highest BCUT2D eigenvalue weighted by Crippen LogP contribution is 2.31. The van der Waals surface area contributed by atoms with Crippen molar-refractivity contribution in [2.75, 3.05) is 14.2 Å². The summed E-state index contributed by atoms with van der Waals surface area (Å²) in [7, 11) is 2.55. The van der Waals surface area contributed by atoms with Gasteiger partial charge in [0.25, 0.3) is 6.43 Å². The highest BCUT2D eigenvalue weighted by atomic mass is 19.3. The summed E-state index contributed by atoms with van der Waals surface area (Å²) in [6.07, 6.45) is -1.92. The molecule has 0 bridgehead atoms. The number of carbonyl (C=O) groups is 1. The number of aromatic nitrogens is 1. The van der Waals surface area contributed by atoms with Crippen molar-refractivity contribution >= 4 is 5.97 Å². The van der Waals surface area contributed by atoms with E-state index in [1.54, 1.807) is 6.92 Å². The first-order valence-corrected chi connectivity index (χ1v) is 4.88. The van der Waals surface area contributed by atoms with Crippen molar-refractivity contribution in [2.24, 2.45) is 0 Å². The van der Waals surface area contributed by atoms with Gasteiger partial charge in [0.1, 0.15) is 5.75 Å². The maximum atomic E-state index is 12.8. The summed E-state index contributed by atoms with van der Waals surface area (Å²) < 4.78 is 35.0. The molecule has 94 valence electrons. The fourth-order valence-electron chi connectivity index (χ4n) is 1.51. The van der Waals surface area contributed by atoms with Crippen LogP contribution >= 0.6 is 0 Å². The molecule has 17 heavy (non-hydrogen) atoms. The number of halogens is 2. The van der Waals surface area contributed by atoms with Crippen LogP contribution in [0.3, 0.4) is 0 Å². The van der Waals surface area contributed by atoms with Crippen LogP contribution in [0.2, 0.25) is 0 Å². The fraction of sp³-hybridized carbons (Fsp3) is 0.455. The average Bonchev–Trinajstić information content (AvgIpc) is 2.28. The number of alkyl halides is 2. The van der Waals surface area contributed by atoms with Crippen LogP contribution in [0.1, 0.15) is 23.2 Å². The topological polar surface area (TPSA) is 48.4 Å². The van der Waals surface area contributed by atoms with Gasteiger partial charge in [-0.15, -0.1) is 0 Å². The van der Waals surface area contributed by atoms with E-state index in [0.717, 1.165) is 6.20 Å². The largest absolute Gasteiger partial charge is 0.495 e. The molecule has 4 nitrogen and oxygen atoms in total. The molecule has 0 saturated carbocycles. The molecule has 0 fully saturated rings. The van der Waals surface area contributed by atoms with Crippen molar-refractivity contribution in [3.8, 4) is 5.75 Å². The molecule has 6 heteroatoms. The molecule has 0 saturated heterocycles. The summed E-state index contributed by atoms with van der Waals surface area (Å²) in [6, 6.07) is 0. The minimum Gasteiger partial charge on any atom is -0.495 e. The van der Waals surface area contributed by atoms with Gasteiger partial charge in [0.15, 0.2) is 0 Å². The van der Waals surface area contributed by atoms with Gasteiger partial charge in [-0.1, -0.05) is 0 Å². The smallest absolute Gasteiger partial charge is 0.310 e. The zero-order valence-corrected chi connectivity index (χ0v) is 9.79. The Kier molecular flexibility index (Phi) is 4.37. The van der Waals surface area contributed by atoms with Crippen LogP contribution in [-0.2, 0) is 16.0 Å². The van der Waals surface area contributed by atoms with E-state index < -0.39 is 12.4 Å². The molecule has 0 N–H and O–H groups in total. The maximum absolute atomic E-state index is 12.8. The summed E-state index contributed by atoms with van der Waals surface area (Å²) >= 11 is 0. The predicted octanol–water partition coefficient (Wildman–Crippen LogP) is 2.05. The summed E-state index contributed by atoms with van der Waals surface area (Å²) in [5, 5.41) is 0. The molecule has 1 aromatic heterocycles. The average molecular weight is 245 g/mol. The second-order valence-corrected chi connectivity index (χ2v) is 3.36. The lowest BCUT2D eigenvalue weighted by atomic mass is 10.0. The lowest BCUT2D eigenvalue weighted by Crippen LogP contribution is -2.10. The van der Waals surface area contributed by atoms with Crippen LogP contribution in [0.4, 0.5) is 8.78 Å². The van der Waals surface area contributed by atoms with E-state index in [2.05, 4.69) is 9.72 Å². The first-order valence-electron chi connectivity index (χ1n) is 4.88. The van der Waals surface area contributed by atoms with Crippen LogP contribution in [0, 0.1) is 6.92 Å². The van der Waals surface area contributed by atoms with Crippen molar-refractivity contribution < 1.29 is 23.0 Å². The molecule has 0 aliphatic carbocycles. The Hall–Kier alpha value is -1.72. The number of aryl methyl sites for hydroxylation is 1. The van der Waals surface area contributed by atoms with E-state index >= 15 is 0 Å². The summed E-state index contributed by atoms with van der Waals surface area (Å²) in [6.45, 7) is 1.62. The van der Waals surface area contributed by atoms with Crippen LogP contribution in [-0.4, -0.2) is 25.2 Å². The lowest BCUT2D eigenvalue weighted by Gasteiger charge is -2.14. The Labute approximate surface area is 97.6 Å². The highest BCUT2D eigenvalue weighted by molar-refractivity contribution is 5.74. The Morgan fingerprint density at radius 2 is 2.12 bits per heavy atom. The van der Waals surface area contributed by atoms with Crippen molar-refractivity contribution in [2.45, 2.75) is 19.8 Å². The van der Waals surface area contributed by atoms with Gasteiger partial charge in [-0.25, -0.2) is 8.78 Å². The number of methoxy groups -OCH3 is 2. The number of esters is 1. The molecular formula is C11H13F2NO3. The molecule has 0 aromatic carbocycles. The van der Waals surface area contributed by atoms with E-state index in [0.29, 0.717) is 5.69 Å². The summed E-state index contributed by atoms with van der Waals surface area (Å²) in [5.41, 5.74) is 0.274. The Morgan fingerprint density at radius 3 is 2.59 bits per heavy atom. The molecule has 0 unspecified atom stereocenters.